The number of rotatable bonds is 8. The number of halogens is 1. The Morgan fingerprint density at radius 2 is 2.04 bits per heavy atom. The van der Waals surface area contributed by atoms with Crippen molar-refractivity contribution >= 4 is 29.2 Å². The maximum absolute atomic E-state index is 12.2. The fourth-order valence-electron chi connectivity index (χ4n) is 2.41. The summed E-state index contributed by atoms with van der Waals surface area (Å²) in [4.78, 5) is 18.5. The van der Waals surface area contributed by atoms with Gasteiger partial charge < -0.3 is 26.0 Å². The average molecular weight is 404 g/mol. The highest BCUT2D eigenvalue weighted by Gasteiger charge is 2.06. The Balaban J connectivity index is 1.95. The molecule has 0 atom stereocenters. The number of anilines is 1. The van der Waals surface area contributed by atoms with Crippen LogP contribution in [0.2, 0.25) is 5.02 Å². The van der Waals surface area contributed by atoms with Crippen LogP contribution in [0.3, 0.4) is 0 Å². The van der Waals surface area contributed by atoms with Gasteiger partial charge in [0.1, 0.15) is 5.75 Å². The molecule has 0 unspecified atom stereocenters. The third-order valence-electron chi connectivity index (χ3n) is 3.89. The summed E-state index contributed by atoms with van der Waals surface area (Å²) in [7, 11) is 5.48. The van der Waals surface area contributed by atoms with Crippen LogP contribution in [-0.4, -0.2) is 51.1 Å². The van der Waals surface area contributed by atoms with E-state index in [2.05, 4.69) is 15.6 Å². The molecule has 7 nitrogen and oxygen atoms in total. The van der Waals surface area contributed by atoms with E-state index in [-0.39, 0.29) is 11.9 Å². The average Bonchev–Trinajstić information content (AvgIpc) is 2.66. The number of hydrogen-bond donors (Lipinski definition) is 3. The minimum atomic E-state index is -0.105. The summed E-state index contributed by atoms with van der Waals surface area (Å²) in [6, 6.07) is 12.6. The lowest BCUT2D eigenvalue weighted by Crippen LogP contribution is -2.31. The summed E-state index contributed by atoms with van der Waals surface area (Å²) in [5, 5.41) is 6.36. The van der Waals surface area contributed by atoms with Gasteiger partial charge in [-0.25, -0.2) is 4.99 Å². The summed E-state index contributed by atoms with van der Waals surface area (Å²) in [6.07, 6.45) is 0. The van der Waals surface area contributed by atoms with Crippen LogP contribution in [0.15, 0.2) is 47.5 Å². The van der Waals surface area contributed by atoms with Crippen molar-refractivity contribution in [2.24, 2.45) is 10.7 Å². The number of aliphatic imine (C=N–C) groups is 1. The van der Waals surface area contributed by atoms with E-state index in [1.165, 1.54) is 0 Å². The summed E-state index contributed by atoms with van der Waals surface area (Å²) >= 11 is 6.10. The van der Waals surface area contributed by atoms with Gasteiger partial charge in [0.2, 0.25) is 0 Å². The van der Waals surface area contributed by atoms with Crippen LogP contribution in [0.5, 0.6) is 5.75 Å². The van der Waals surface area contributed by atoms with Crippen LogP contribution < -0.4 is 21.1 Å². The molecule has 28 heavy (non-hydrogen) atoms. The second-order valence-corrected chi connectivity index (χ2v) is 6.84. The Morgan fingerprint density at radius 3 is 2.71 bits per heavy atom. The van der Waals surface area contributed by atoms with E-state index in [9.17, 15) is 4.79 Å². The number of methoxy groups -OCH3 is 1. The minimum absolute atomic E-state index is 0.105. The lowest BCUT2D eigenvalue weighted by Gasteiger charge is -2.11. The summed E-state index contributed by atoms with van der Waals surface area (Å²) < 4.78 is 5.12. The van der Waals surface area contributed by atoms with E-state index in [0.717, 1.165) is 12.1 Å². The first-order valence-electron chi connectivity index (χ1n) is 8.81. The van der Waals surface area contributed by atoms with Crippen molar-refractivity contribution in [1.82, 2.24) is 10.2 Å². The Kier molecular flexibility index (Phi) is 8.10. The molecule has 0 heterocycles. The maximum atomic E-state index is 12.2. The van der Waals surface area contributed by atoms with Gasteiger partial charge in [0.15, 0.2) is 5.96 Å². The summed E-state index contributed by atoms with van der Waals surface area (Å²) in [5.41, 5.74) is 8.14. The van der Waals surface area contributed by atoms with E-state index in [1.54, 1.807) is 31.4 Å². The Hall–Kier alpha value is -2.77. The van der Waals surface area contributed by atoms with Gasteiger partial charge in [0, 0.05) is 24.3 Å². The quantitative estimate of drug-likeness (QED) is 0.465. The van der Waals surface area contributed by atoms with E-state index in [0.29, 0.717) is 35.1 Å². The second-order valence-electron chi connectivity index (χ2n) is 6.44. The first kappa shape index (κ1) is 21.5. The van der Waals surface area contributed by atoms with E-state index >= 15 is 0 Å². The molecule has 0 fully saturated rings. The molecule has 8 heteroatoms. The van der Waals surface area contributed by atoms with Crippen molar-refractivity contribution in [3.8, 4) is 5.75 Å². The van der Waals surface area contributed by atoms with Crippen molar-refractivity contribution in [3.05, 3.63) is 58.6 Å². The SMILES string of the molecule is COc1ccc(NC(N)=NCc2cccc(C(=O)NCCN(C)C)c2)cc1Cl. The molecule has 0 saturated carbocycles. The molecule has 1 amide bonds. The predicted molar refractivity (Wildman–Crippen MR) is 114 cm³/mol. The van der Waals surface area contributed by atoms with Crippen LogP contribution >= 0.6 is 11.6 Å². The molecule has 2 rings (SSSR count). The molecule has 0 aromatic heterocycles. The van der Waals surface area contributed by atoms with Gasteiger partial charge in [0.05, 0.1) is 18.7 Å². The maximum Gasteiger partial charge on any atom is 0.251 e. The first-order valence-corrected chi connectivity index (χ1v) is 9.19. The smallest absolute Gasteiger partial charge is 0.251 e. The molecule has 2 aromatic rings. The number of amides is 1. The summed E-state index contributed by atoms with van der Waals surface area (Å²) in [6.45, 7) is 1.73. The van der Waals surface area contributed by atoms with Crippen LogP contribution in [0, 0.1) is 0 Å². The number of carbonyl (C=O) groups is 1. The number of nitrogens with one attached hydrogen (secondary N) is 2. The van der Waals surface area contributed by atoms with Crippen LogP contribution in [0.1, 0.15) is 15.9 Å². The van der Waals surface area contributed by atoms with Crippen molar-refractivity contribution in [3.63, 3.8) is 0 Å². The third-order valence-corrected chi connectivity index (χ3v) is 4.19. The van der Waals surface area contributed by atoms with Crippen LogP contribution in [-0.2, 0) is 6.54 Å². The highest BCUT2D eigenvalue weighted by atomic mass is 35.5. The largest absolute Gasteiger partial charge is 0.495 e. The number of nitrogens with zero attached hydrogens (tertiary/aromatic N) is 2. The van der Waals surface area contributed by atoms with Crippen molar-refractivity contribution in [2.45, 2.75) is 6.54 Å². The van der Waals surface area contributed by atoms with Crippen LogP contribution in [0.25, 0.3) is 0 Å². The molecule has 0 aliphatic heterocycles. The minimum Gasteiger partial charge on any atom is -0.495 e. The van der Waals surface area contributed by atoms with Gasteiger partial charge in [-0.1, -0.05) is 23.7 Å². The molecular weight excluding hydrogens is 378 g/mol. The molecule has 0 radical (unpaired) electrons. The predicted octanol–water partition coefficient (Wildman–Crippen LogP) is 2.57. The van der Waals surface area contributed by atoms with E-state index < -0.39 is 0 Å². The number of hydrogen-bond acceptors (Lipinski definition) is 4. The molecule has 0 aliphatic rings. The molecule has 0 bridgehead atoms. The zero-order valence-corrected chi connectivity index (χ0v) is 17.1. The standard InChI is InChI=1S/C20H26ClN5O2/c1-26(2)10-9-23-19(27)15-6-4-5-14(11-15)13-24-20(22)25-16-7-8-18(28-3)17(21)12-16/h4-8,11-12H,9-10,13H2,1-3H3,(H,23,27)(H3,22,24,25). The van der Waals surface area contributed by atoms with Gasteiger partial charge in [-0.15, -0.1) is 0 Å². The third kappa shape index (κ3) is 6.75. The van der Waals surface area contributed by atoms with Crippen molar-refractivity contribution in [2.75, 3.05) is 39.6 Å². The molecule has 0 aliphatic carbocycles. The Bertz CT molecular complexity index is 839. The monoisotopic (exact) mass is 403 g/mol. The van der Waals surface area contributed by atoms with E-state index in [1.807, 2.05) is 37.2 Å². The van der Waals surface area contributed by atoms with Gasteiger partial charge in [-0.3, -0.25) is 4.79 Å². The lowest BCUT2D eigenvalue weighted by molar-refractivity contribution is 0.0951. The van der Waals surface area contributed by atoms with E-state index in [4.69, 9.17) is 22.1 Å². The molecule has 0 saturated heterocycles. The Morgan fingerprint density at radius 1 is 1.25 bits per heavy atom. The van der Waals surface area contributed by atoms with Crippen molar-refractivity contribution < 1.29 is 9.53 Å². The first-order chi connectivity index (χ1) is 13.4. The summed E-state index contributed by atoms with van der Waals surface area (Å²) in [5.74, 6) is 0.733. The van der Waals surface area contributed by atoms with Crippen LogP contribution in [0.4, 0.5) is 5.69 Å². The van der Waals surface area contributed by atoms with Gasteiger partial charge in [0.25, 0.3) is 5.91 Å². The zero-order chi connectivity index (χ0) is 20.5. The molecule has 2 aromatic carbocycles. The Labute approximate surface area is 170 Å². The lowest BCUT2D eigenvalue weighted by atomic mass is 10.1. The number of ether oxygens (including phenoxy) is 1. The fourth-order valence-corrected chi connectivity index (χ4v) is 2.67. The number of guanidine groups is 1. The molecule has 150 valence electrons. The zero-order valence-electron chi connectivity index (χ0n) is 16.3. The van der Waals surface area contributed by atoms with Gasteiger partial charge in [-0.2, -0.15) is 0 Å². The normalized spacial score (nSPS) is 11.4. The topological polar surface area (TPSA) is 92.0 Å². The molecular formula is C20H26ClN5O2. The molecule has 4 N–H and O–H groups in total. The number of carbonyl (C=O) groups excluding carboxylic acids is 1. The number of nitrogens with two attached hydrogens (primary N) is 1. The molecule has 0 spiro atoms. The van der Waals surface area contributed by atoms with Crippen molar-refractivity contribution in [1.29, 1.82) is 0 Å². The van der Waals surface area contributed by atoms with Gasteiger partial charge in [-0.05, 0) is 50.0 Å². The highest BCUT2D eigenvalue weighted by molar-refractivity contribution is 6.32. The fraction of sp³-hybridized carbons (Fsp3) is 0.300. The van der Waals surface area contributed by atoms with Gasteiger partial charge >= 0.3 is 0 Å². The second kappa shape index (κ2) is 10.5. The number of benzene rings is 2. The highest BCUT2D eigenvalue weighted by Crippen LogP contribution is 2.27. The number of likely N-dealkylation sites (N-methyl/N-ethyl adjacent to an activating group) is 1.